The Balaban J connectivity index is 2.06. The predicted molar refractivity (Wildman–Crippen MR) is 79.8 cm³/mol. The minimum atomic E-state index is -2.05. The van der Waals surface area contributed by atoms with Gasteiger partial charge in [0, 0.05) is 6.54 Å². The van der Waals surface area contributed by atoms with Crippen molar-refractivity contribution in [2.45, 2.75) is 76.0 Å². The van der Waals surface area contributed by atoms with Crippen LogP contribution in [0.2, 0.25) is 0 Å². The van der Waals surface area contributed by atoms with Crippen LogP contribution in [-0.2, 0) is 4.74 Å². The zero-order valence-electron chi connectivity index (χ0n) is 13.0. The average Bonchev–Trinajstić information content (AvgIpc) is 2.70. The average molecular weight is 305 g/mol. The second-order valence-corrected chi connectivity index (χ2v) is 5.92. The van der Waals surface area contributed by atoms with Gasteiger partial charge in [0.05, 0.1) is 6.61 Å². The van der Waals surface area contributed by atoms with Crippen LogP contribution in [0.15, 0.2) is 0 Å². The molecule has 0 aromatic carbocycles. The molecule has 0 aromatic heterocycles. The topological polar surface area (TPSA) is 102 Å². The van der Waals surface area contributed by atoms with E-state index in [9.17, 15) is 15.3 Å². The molecular formula is C15H31NO5. The van der Waals surface area contributed by atoms with Gasteiger partial charge in [0.15, 0.2) is 0 Å². The molecule has 6 heteroatoms. The van der Waals surface area contributed by atoms with Gasteiger partial charge in [-0.1, -0.05) is 45.4 Å². The van der Waals surface area contributed by atoms with Crippen molar-refractivity contribution < 1.29 is 25.2 Å². The van der Waals surface area contributed by atoms with Crippen LogP contribution in [0.3, 0.4) is 0 Å². The van der Waals surface area contributed by atoms with Gasteiger partial charge in [-0.3, -0.25) is 0 Å². The molecule has 0 aliphatic carbocycles. The maximum absolute atomic E-state index is 9.76. The van der Waals surface area contributed by atoms with Crippen LogP contribution in [-0.4, -0.2) is 64.2 Å². The highest BCUT2D eigenvalue weighted by atomic mass is 16.7. The summed E-state index contributed by atoms with van der Waals surface area (Å²) in [5.74, 6) is -2.05. The van der Waals surface area contributed by atoms with Crippen molar-refractivity contribution in [1.82, 2.24) is 5.32 Å². The third-order valence-electron chi connectivity index (χ3n) is 4.05. The quantitative estimate of drug-likeness (QED) is 0.348. The van der Waals surface area contributed by atoms with Crippen molar-refractivity contribution >= 4 is 0 Å². The van der Waals surface area contributed by atoms with Crippen LogP contribution in [0.4, 0.5) is 0 Å². The van der Waals surface area contributed by atoms with E-state index in [0.29, 0.717) is 6.54 Å². The summed E-state index contributed by atoms with van der Waals surface area (Å²) in [6, 6.07) is 0. The number of rotatable bonds is 11. The molecular weight excluding hydrogens is 274 g/mol. The van der Waals surface area contributed by atoms with E-state index >= 15 is 0 Å². The standard InChI is InChI=1S/C15H31NO5/c1-2-3-4-5-6-7-8-9-16-10-12-13(18)14(19)15(20,11-17)21-12/h12-14,16-20H,2-11H2,1H3/t12-,13+,14-,15+/m0/s1. The number of nitrogens with one attached hydrogen (secondary N) is 1. The van der Waals surface area contributed by atoms with Gasteiger partial charge in [-0.05, 0) is 13.0 Å². The highest BCUT2D eigenvalue weighted by Gasteiger charge is 2.52. The summed E-state index contributed by atoms with van der Waals surface area (Å²) in [7, 11) is 0. The van der Waals surface area contributed by atoms with E-state index in [4.69, 9.17) is 9.84 Å². The molecule has 21 heavy (non-hydrogen) atoms. The van der Waals surface area contributed by atoms with Gasteiger partial charge >= 0.3 is 0 Å². The fourth-order valence-corrected chi connectivity index (χ4v) is 2.62. The molecule has 0 aromatic rings. The Morgan fingerprint density at radius 1 is 1.05 bits per heavy atom. The molecule has 1 fully saturated rings. The van der Waals surface area contributed by atoms with E-state index in [-0.39, 0.29) is 0 Å². The Kier molecular flexibility index (Phi) is 8.70. The third kappa shape index (κ3) is 5.81. The zero-order valence-corrected chi connectivity index (χ0v) is 13.0. The number of hydrogen-bond donors (Lipinski definition) is 5. The van der Waals surface area contributed by atoms with E-state index in [1.54, 1.807) is 0 Å². The lowest BCUT2D eigenvalue weighted by atomic mass is 10.1. The SMILES string of the molecule is CCCCCCCCCNC[C@@H]1O[C@](O)(CO)[C@@H](O)[C@@H]1O. The van der Waals surface area contributed by atoms with Crippen molar-refractivity contribution in [2.24, 2.45) is 0 Å². The maximum atomic E-state index is 9.76. The van der Waals surface area contributed by atoms with Crippen LogP contribution < -0.4 is 5.32 Å². The number of aliphatic hydroxyl groups excluding tert-OH is 3. The molecule has 6 nitrogen and oxygen atoms in total. The molecule has 1 aliphatic heterocycles. The molecule has 1 rings (SSSR count). The van der Waals surface area contributed by atoms with E-state index < -0.39 is 30.7 Å². The Bertz CT molecular complexity index is 279. The van der Waals surface area contributed by atoms with E-state index in [1.807, 2.05) is 0 Å². The third-order valence-corrected chi connectivity index (χ3v) is 4.05. The van der Waals surface area contributed by atoms with Crippen LogP contribution in [0.5, 0.6) is 0 Å². The minimum absolute atomic E-state index is 0.344. The summed E-state index contributed by atoms with van der Waals surface area (Å²) in [4.78, 5) is 0. The molecule has 1 heterocycles. The first-order valence-corrected chi connectivity index (χ1v) is 8.13. The van der Waals surface area contributed by atoms with Gasteiger partial charge in [0.1, 0.15) is 18.3 Å². The first-order valence-electron chi connectivity index (χ1n) is 8.13. The van der Waals surface area contributed by atoms with Crippen molar-refractivity contribution in [1.29, 1.82) is 0 Å². The van der Waals surface area contributed by atoms with Crippen molar-refractivity contribution in [3.8, 4) is 0 Å². The normalized spacial score (nSPS) is 32.7. The summed E-state index contributed by atoms with van der Waals surface area (Å²) in [6.45, 7) is 2.63. The van der Waals surface area contributed by atoms with Gasteiger partial charge < -0.3 is 30.5 Å². The molecule has 0 radical (unpaired) electrons. The highest BCUT2D eigenvalue weighted by molar-refractivity contribution is 4.95. The largest absolute Gasteiger partial charge is 0.391 e. The van der Waals surface area contributed by atoms with Crippen molar-refractivity contribution in [3.05, 3.63) is 0 Å². The lowest BCUT2D eigenvalue weighted by Gasteiger charge is -2.22. The fraction of sp³-hybridized carbons (Fsp3) is 1.00. The van der Waals surface area contributed by atoms with Gasteiger partial charge in [0.2, 0.25) is 5.79 Å². The maximum Gasteiger partial charge on any atom is 0.219 e. The van der Waals surface area contributed by atoms with E-state index in [2.05, 4.69) is 12.2 Å². The molecule has 0 amide bonds. The number of hydrogen-bond acceptors (Lipinski definition) is 6. The Hall–Kier alpha value is -0.240. The Morgan fingerprint density at radius 2 is 1.67 bits per heavy atom. The first kappa shape index (κ1) is 18.8. The van der Waals surface area contributed by atoms with Crippen LogP contribution in [0, 0.1) is 0 Å². The number of aliphatic hydroxyl groups is 4. The molecule has 0 unspecified atom stereocenters. The van der Waals surface area contributed by atoms with E-state index in [0.717, 1.165) is 13.0 Å². The highest BCUT2D eigenvalue weighted by Crippen LogP contribution is 2.28. The summed E-state index contributed by atoms with van der Waals surface area (Å²) >= 11 is 0. The molecule has 0 bridgehead atoms. The summed E-state index contributed by atoms with van der Waals surface area (Å²) < 4.78 is 5.14. The van der Waals surface area contributed by atoms with Crippen LogP contribution in [0.1, 0.15) is 51.9 Å². The molecule has 1 saturated heterocycles. The Morgan fingerprint density at radius 3 is 2.24 bits per heavy atom. The summed E-state index contributed by atoms with van der Waals surface area (Å²) in [5, 5.41) is 41.3. The molecule has 126 valence electrons. The molecule has 1 aliphatic rings. The zero-order chi connectivity index (χ0) is 15.7. The second kappa shape index (κ2) is 9.71. The minimum Gasteiger partial charge on any atom is -0.391 e. The first-order chi connectivity index (χ1) is 10.0. The second-order valence-electron chi connectivity index (χ2n) is 5.92. The molecule has 5 N–H and O–H groups in total. The lowest BCUT2D eigenvalue weighted by Crippen LogP contribution is -2.46. The molecule has 0 spiro atoms. The predicted octanol–water partition coefficient (Wildman–Crippen LogP) is 0.128. The summed E-state index contributed by atoms with van der Waals surface area (Å²) in [6.07, 6.45) is 5.27. The fourth-order valence-electron chi connectivity index (χ4n) is 2.62. The van der Waals surface area contributed by atoms with Gasteiger partial charge in [-0.25, -0.2) is 0 Å². The van der Waals surface area contributed by atoms with E-state index in [1.165, 1.54) is 38.5 Å². The number of ether oxygens (including phenoxy) is 1. The monoisotopic (exact) mass is 305 g/mol. The van der Waals surface area contributed by atoms with Gasteiger partial charge in [-0.15, -0.1) is 0 Å². The van der Waals surface area contributed by atoms with Gasteiger partial charge in [-0.2, -0.15) is 0 Å². The van der Waals surface area contributed by atoms with Crippen molar-refractivity contribution in [2.75, 3.05) is 19.7 Å². The lowest BCUT2D eigenvalue weighted by molar-refractivity contribution is -0.245. The Labute approximate surface area is 127 Å². The molecule has 0 saturated carbocycles. The smallest absolute Gasteiger partial charge is 0.219 e. The van der Waals surface area contributed by atoms with Crippen LogP contribution in [0.25, 0.3) is 0 Å². The van der Waals surface area contributed by atoms with Crippen molar-refractivity contribution in [3.63, 3.8) is 0 Å². The summed E-state index contributed by atoms with van der Waals surface area (Å²) in [5.41, 5.74) is 0. The van der Waals surface area contributed by atoms with Gasteiger partial charge in [0.25, 0.3) is 0 Å². The molecule has 4 atom stereocenters. The number of unbranched alkanes of at least 4 members (excludes halogenated alkanes) is 6. The van der Waals surface area contributed by atoms with Crippen LogP contribution >= 0.6 is 0 Å².